The summed E-state index contributed by atoms with van der Waals surface area (Å²) in [5.41, 5.74) is 0.468. The molecule has 0 heterocycles. The van der Waals surface area contributed by atoms with Gasteiger partial charge in [0.1, 0.15) is 0 Å². The van der Waals surface area contributed by atoms with E-state index in [4.69, 9.17) is 28.3 Å². The molecule has 0 bridgehead atoms. The monoisotopic (exact) mass is 262 g/mol. The van der Waals surface area contributed by atoms with Gasteiger partial charge in [-0.25, -0.2) is 4.79 Å². The summed E-state index contributed by atoms with van der Waals surface area (Å²) in [7, 11) is 1.23. The number of hydrogen-bond donors (Lipinski definition) is 1. The van der Waals surface area contributed by atoms with E-state index in [0.29, 0.717) is 0 Å². The average molecular weight is 263 g/mol. The van der Waals surface area contributed by atoms with Crippen molar-refractivity contribution in [3.05, 3.63) is 33.3 Å². The molecule has 0 amide bonds. The van der Waals surface area contributed by atoms with Crippen LogP contribution in [0.1, 0.15) is 15.9 Å². The first-order chi connectivity index (χ1) is 7.45. The van der Waals surface area contributed by atoms with E-state index in [9.17, 15) is 9.59 Å². The molecule has 0 saturated carbocycles. The standard InChI is InChI=1S/C10H8Cl2O4/c1-16-10(15)5-2-7(11)6(4-9(13)14)8(12)3-5/h2-3H,4H2,1H3,(H,13,14). The van der Waals surface area contributed by atoms with Gasteiger partial charge in [0.05, 0.1) is 19.1 Å². The molecular formula is C10H8Cl2O4. The van der Waals surface area contributed by atoms with Crippen LogP contribution in [-0.2, 0) is 16.0 Å². The number of aliphatic carboxylic acids is 1. The number of hydrogen-bond acceptors (Lipinski definition) is 3. The van der Waals surface area contributed by atoms with Gasteiger partial charge in [-0.05, 0) is 12.1 Å². The SMILES string of the molecule is COC(=O)c1cc(Cl)c(CC(=O)O)c(Cl)c1. The van der Waals surface area contributed by atoms with Crippen LogP contribution in [-0.4, -0.2) is 24.2 Å². The second-order valence-electron chi connectivity index (χ2n) is 2.98. The third kappa shape index (κ3) is 2.87. The summed E-state index contributed by atoms with van der Waals surface area (Å²) < 4.78 is 4.49. The molecule has 0 aliphatic heterocycles. The highest BCUT2D eigenvalue weighted by Gasteiger charge is 2.15. The molecule has 1 N–H and O–H groups in total. The fourth-order valence-electron chi connectivity index (χ4n) is 1.16. The lowest BCUT2D eigenvalue weighted by molar-refractivity contribution is -0.136. The van der Waals surface area contributed by atoms with Crippen molar-refractivity contribution >= 4 is 35.1 Å². The molecule has 0 aliphatic carbocycles. The van der Waals surface area contributed by atoms with E-state index >= 15 is 0 Å². The van der Waals surface area contributed by atoms with Crippen LogP contribution in [0.25, 0.3) is 0 Å². The van der Waals surface area contributed by atoms with Gasteiger partial charge >= 0.3 is 11.9 Å². The number of benzene rings is 1. The number of esters is 1. The van der Waals surface area contributed by atoms with Gasteiger partial charge < -0.3 is 9.84 Å². The number of methoxy groups -OCH3 is 1. The van der Waals surface area contributed by atoms with E-state index in [1.807, 2.05) is 0 Å². The van der Waals surface area contributed by atoms with Crippen LogP contribution in [0.3, 0.4) is 0 Å². The molecule has 1 aromatic rings. The van der Waals surface area contributed by atoms with Gasteiger partial charge in [0, 0.05) is 15.6 Å². The first kappa shape index (κ1) is 12.8. The molecule has 0 radical (unpaired) electrons. The Morgan fingerprint density at radius 1 is 1.31 bits per heavy atom. The maximum absolute atomic E-state index is 11.2. The minimum atomic E-state index is -1.05. The first-order valence-electron chi connectivity index (χ1n) is 4.23. The molecule has 6 heteroatoms. The highest BCUT2D eigenvalue weighted by molar-refractivity contribution is 6.36. The summed E-state index contributed by atoms with van der Waals surface area (Å²) in [4.78, 5) is 21.7. The van der Waals surface area contributed by atoms with Gasteiger partial charge in [-0.3, -0.25) is 4.79 Å². The van der Waals surface area contributed by atoms with Gasteiger partial charge in [-0.1, -0.05) is 23.2 Å². The van der Waals surface area contributed by atoms with Crippen LogP contribution in [0.5, 0.6) is 0 Å². The summed E-state index contributed by atoms with van der Waals surface area (Å²) in [6.07, 6.45) is -0.293. The summed E-state index contributed by atoms with van der Waals surface area (Å²) in [5.74, 6) is -1.62. The Morgan fingerprint density at radius 3 is 2.19 bits per heavy atom. The maximum atomic E-state index is 11.2. The second-order valence-corrected chi connectivity index (χ2v) is 3.79. The van der Waals surface area contributed by atoms with E-state index in [-0.39, 0.29) is 27.6 Å². The minimum Gasteiger partial charge on any atom is -0.481 e. The molecule has 16 heavy (non-hydrogen) atoms. The first-order valence-corrected chi connectivity index (χ1v) is 4.99. The Kier molecular flexibility index (Phi) is 4.15. The smallest absolute Gasteiger partial charge is 0.337 e. The van der Waals surface area contributed by atoms with Crippen molar-refractivity contribution in [1.82, 2.24) is 0 Å². The lowest BCUT2D eigenvalue weighted by Crippen LogP contribution is -2.05. The van der Waals surface area contributed by atoms with Gasteiger partial charge in [0.15, 0.2) is 0 Å². The predicted molar refractivity (Wildman–Crippen MR) is 59.1 cm³/mol. The molecule has 86 valence electrons. The normalized spacial score (nSPS) is 9.94. The molecular weight excluding hydrogens is 255 g/mol. The molecule has 0 unspecified atom stereocenters. The average Bonchev–Trinajstić information content (AvgIpc) is 2.21. The van der Waals surface area contributed by atoms with Crippen LogP contribution >= 0.6 is 23.2 Å². The fourth-order valence-corrected chi connectivity index (χ4v) is 1.78. The van der Waals surface area contributed by atoms with Crippen molar-refractivity contribution in [2.24, 2.45) is 0 Å². The number of ether oxygens (including phenoxy) is 1. The van der Waals surface area contributed by atoms with E-state index in [2.05, 4.69) is 4.74 Å². The molecule has 0 aliphatic rings. The highest BCUT2D eigenvalue weighted by Crippen LogP contribution is 2.27. The lowest BCUT2D eigenvalue weighted by Gasteiger charge is -2.07. The van der Waals surface area contributed by atoms with E-state index in [1.54, 1.807) is 0 Å². The van der Waals surface area contributed by atoms with E-state index in [0.717, 1.165) is 0 Å². The Balaban J connectivity index is 3.17. The highest BCUT2D eigenvalue weighted by atomic mass is 35.5. The number of rotatable bonds is 3. The fraction of sp³-hybridized carbons (Fsp3) is 0.200. The van der Waals surface area contributed by atoms with Crippen LogP contribution in [0.2, 0.25) is 10.0 Å². The van der Waals surface area contributed by atoms with Crippen molar-refractivity contribution in [1.29, 1.82) is 0 Å². The number of carboxylic acids is 1. The molecule has 0 spiro atoms. The molecule has 4 nitrogen and oxygen atoms in total. The van der Waals surface area contributed by atoms with E-state index in [1.165, 1.54) is 19.2 Å². The summed E-state index contributed by atoms with van der Waals surface area (Å²) in [6, 6.07) is 2.66. The largest absolute Gasteiger partial charge is 0.481 e. The molecule has 1 rings (SSSR count). The Morgan fingerprint density at radius 2 is 1.81 bits per heavy atom. The van der Waals surface area contributed by atoms with Crippen LogP contribution in [0.4, 0.5) is 0 Å². The second kappa shape index (κ2) is 5.18. The number of carbonyl (C=O) groups excluding carboxylic acids is 1. The minimum absolute atomic E-state index is 0.135. The maximum Gasteiger partial charge on any atom is 0.337 e. The summed E-state index contributed by atoms with van der Waals surface area (Å²) in [5, 5.41) is 8.90. The quantitative estimate of drug-likeness (QED) is 0.850. The number of halogens is 2. The van der Waals surface area contributed by atoms with Crippen molar-refractivity contribution in [2.45, 2.75) is 6.42 Å². The van der Waals surface area contributed by atoms with Gasteiger partial charge in [-0.15, -0.1) is 0 Å². The lowest BCUT2D eigenvalue weighted by atomic mass is 10.1. The van der Waals surface area contributed by atoms with Gasteiger partial charge in [0.2, 0.25) is 0 Å². The molecule has 0 fully saturated rings. The van der Waals surface area contributed by atoms with Crippen molar-refractivity contribution in [3.63, 3.8) is 0 Å². The topological polar surface area (TPSA) is 63.6 Å². The van der Waals surface area contributed by atoms with Crippen molar-refractivity contribution < 1.29 is 19.4 Å². The van der Waals surface area contributed by atoms with Crippen LogP contribution in [0, 0.1) is 0 Å². The Labute approximate surface area is 102 Å². The van der Waals surface area contributed by atoms with Crippen molar-refractivity contribution in [3.8, 4) is 0 Å². The molecule has 1 aromatic carbocycles. The summed E-state index contributed by atoms with van der Waals surface area (Å²) >= 11 is 11.6. The number of carboxylic acid groups (broad SMARTS) is 1. The van der Waals surface area contributed by atoms with Crippen molar-refractivity contribution in [2.75, 3.05) is 7.11 Å². The zero-order valence-corrected chi connectivity index (χ0v) is 9.80. The predicted octanol–water partition coefficient (Wildman–Crippen LogP) is 2.41. The Bertz CT molecular complexity index is 419. The Hall–Kier alpha value is -1.26. The number of carbonyl (C=O) groups is 2. The molecule has 0 atom stereocenters. The zero-order valence-electron chi connectivity index (χ0n) is 8.29. The van der Waals surface area contributed by atoms with Gasteiger partial charge in [0.25, 0.3) is 0 Å². The third-order valence-corrected chi connectivity index (χ3v) is 2.56. The van der Waals surface area contributed by atoms with Gasteiger partial charge in [-0.2, -0.15) is 0 Å². The van der Waals surface area contributed by atoms with Crippen LogP contribution in [0.15, 0.2) is 12.1 Å². The van der Waals surface area contributed by atoms with Crippen LogP contribution < -0.4 is 0 Å². The zero-order chi connectivity index (χ0) is 12.3. The molecule has 0 saturated heterocycles. The molecule has 0 aromatic heterocycles. The third-order valence-electron chi connectivity index (χ3n) is 1.89. The van der Waals surface area contributed by atoms with E-state index < -0.39 is 11.9 Å². The summed E-state index contributed by atoms with van der Waals surface area (Å²) in [6.45, 7) is 0.